The Morgan fingerprint density at radius 3 is 1.53 bits per heavy atom. The molecular weight excluding hydrogens is 248 g/mol. The number of rotatable bonds is 2. The fourth-order valence-electron chi connectivity index (χ4n) is 0.551. The summed E-state index contributed by atoms with van der Waals surface area (Å²) >= 11 is 0. The minimum absolute atomic E-state index is 0. The van der Waals surface area contributed by atoms with Crippen molar-refractivity contribution in [3.63, 3.8) is 0 Å². The van der Waals surface area contributed by atoms with Crippen molar-refractivity contribution in [3.05, 3.63) is 0 Å². The molecule has 0 atom stereocenters. The van der Waals surface area contributed by atoms with Gasteiger partial charge in [-0.2, -0.15) is 0 Å². The predicted molar refractivity (Wildman–Crippen MR) is 45.7 cm³/mol. The van der Waals surface area contributed by atoms with E-state index in [1.807, 2.05) is 0 Å². The molecule has 8 heteroatoms. The van der Waals surface area contributed by atoms with Gasteiger partial charge in [0.2, 0.25) is 0 Å². The second-order valence-corrected chi connectivity index (χ2v) is 2.02. The number of carbonyl (C=O) groups is 3. The van der Waals surface area contributed by atoms with E-state index in [0.29, 0.717) is 0 Å². The summed E-state index contributed by atoms with van der Waals surface area (Å²) in [6.45, 7) is 3.45. The second-order valence-electron chi connectivity index (χ2n) is 2.02. The summed E-state index contributed by atoms with van der Waals surface area (Å²) in [4.78, 5) is 32.1. The fourth-order valence-corrected chi connectivity index (χ4v) is 0.551. The number of carbonyl (C=O) groups excluding carboxylic acids is 3. The average Bonchev–Trinajstić information content (AvgIpc) is 2.03. The Hall–Kier alpha value is -1.27. The minimum Gasteiger partial charge on any atom is -0.450 e. The fraction of sp³-hybridized carbons (Fsp3) is 0.571. The van der Waals surface area contributed by atoms with Crippen LogP contribution in [0.5, 0.6) is 0 Å². The van der Waals surface area contributed by atoms with Crippen LogP contribution in [0.25, 0.3) is 0 Å². The second kappa shape index (κ2) is 9.29. The zero-order chi connectivity index (χ0) is 11.0. The normalized spacial score (nSPS) is 8.13. The van der Waals surface area contributed by atoms with Crippen LogP contribution in [0.2, 0.25) is 0 Å². The number of urea groups is 1. The van der Waals surface area contributed by atoms with E-state index >= 15 is 0 Å². The molecule has 0 rings (SSSR count). The van der Waals surface area contributed by atoms with Gasteiger partial charge in [0.15, 0.2) is 0 Å². The van der Waals surface area contributed by atoms with Gasteiger partial charge in [-0.15, -0.1) is 0 Å². The molecule has 0 aromatic carbocycles. The quantitative estimate of drug-likeness (QED) is 0.709. The maximum absolute atomic E-state index is 10.8. The van der Waals surface area contributed by atoms with Crippen LogP contribution in [0, 0.1) is 0 Å². The summed E-state index contributed by atoms with van der Waals surface area (Å²) < 4.78 is 8.78. The molecule has 0 aliphatic heterocycles. The number of ether oxygens (including phenoxy) is 2. The molecule has 0 fully saturated rings. The summed E-state index contributed by atoms with van der Waals surface area (Å²) in [6.07, 6.45) is -1.84. The zero-order valence-corrected chi connectivity index (χ0v) is 9.41. The Bertz CT molecular complexity index is 211. The maximum Gasteiger partial charge on any atom is 0.415 e. The van der Waals surface area contributed by atoms with Gasteiger partial charge in [0.1, 0.15) is 0 Å². The van der Waals surface area contributed by atoms with Crippen LogP contribution in [-0.4, -0.2) is 31.4 Å². The average molecular weight is 260 g/mol. The van der Waals surface area contributed by atoms with Gasteiger partial charge in [-0.3, -0.25) is 0 Å². The van der Waals surface area contributed by atoms with Crippen molar-refractivity contribution in [2.24, 2.45) is 0 Å². The van der Waals surface area contributed by atoms with Crippen molar-refractivity contribution in [1.82, 2.24) is 10.6 Å². The Balaban J connectivity index is 0. The summed E-state index contributed by atoms with van der Waals surface area (Å²) in [5.41, 5.74) is 0. The summed E-state index contributed by atoms with van der Waals surface area (Å²) in [5.74, 6) is 0. The molecule has 4 amide bonds. The molecule has 88 valence electrons. The van der Waals surface area contributed by atoms with Crippen molar-refractivity contribution in [2.75, 3.05) is 13.2 Å². The minimum atomic E-state index is -0.984. The van der Waals surface area contributed by atoms with Gasteiger partial charge in [-0.05, 0) is 13.8 Å². The predicted octanol–water partition coefficient (Wildman–Crippen LogP) is 0.596. The van der Waals surface area contributed by atoms with E-state index < -0.39 is 18.2 Å². The first-order chi connectivity index (χ1) is 6.60. The van der Waals surface area contributed by atoms with E-state index in [-0.39, 0.29) is 30.3 Å². The van der Waals surface area contributed by atoms with Crippen LogP contribution in [0.1, 0.15) is 13.8 Å². The van der Waals surface area contributed by atoms with Crippen molar-refractivity contribution in [3.8, 4) is 0 Å². The Morgan fingerprint density at radius 1 is 0.933 bits per heavy atom. The van der Waals surface area contributed by atoms with E-state index in [2.05, 4.69) is 9.47 Å². The van der Waals surface area contributed by atoms with Crippen molar-refractivity contribution in [2.45, 2.75) is 13.8 Å². The van der Waals surface area contributed by atoms with Crippen LogP contribution in [-0.2, 0) is 26.5 Å². The standard InChI is InChI=1S/C7H12N2O5.Fe/c1-3-13-6(11)8-5(10)9-7(12)14-4-2;/h3-4H2,1-2H3,(H2,8,9,10,11,12);. The number of hydrogen-bond donors (Lipinski definition) is 2. The smallest absolute Gasteiger partial charge is 0.415 e. The van der Waals surface area contributed by atoms with Crippen molar-refractivity contribution >= 4 is 18.2 Å². The molecule has 0 saturated carbocycles. The van der Waals surface area contributed by atoms with E-state index in [4.69, 9.17) is 0 Å². The first-order valence-electron chi connectivity index (χ1n) is 4.01. The van der Waals surface area contributed by atoms with E-state index in [1.165, 1.54) is 0 Å². The third-order valence-corrected chi connectivity index (χ3v) is 0.982. The van der Waals surface area contributed by atoms with E-state index in [1.54, 1.807) is 24.5 Å². The number of alkyl carbamates (subject to hydrolysis) is 2. The van der Waals surface area contributed by atoms with Crippen LogP contribution in [0.4, 0.5) is 14.4 Å². The van der Waals surface area contributed by atoms with Crippen molar-refractivity contribution in [1.29, 1.82) is 0 Å². The molecule has 0 unspecified atom stereocenters. The number of hydrogen-bond acceptors (Lipinski definition) is 5. The molecule has 0 radical (unpaired) electrons. The first kappa shape index (κ1) is 16.2. The summed E-state index contributed by atoms with van der Waals surface area (Å²) in [5, 5.41) is 3.52. The number of nitrogens with one attached hydrogen (secondary N) is 2. The third-order valence-electron chi connectivity index (χ3n) is 0.982. The first-order valence-corrected chi connectivity index (χ1v) is 4.01. The molecule has 0 aromatic heterocycles. The molecule has 0 aliphatic rings. The van der Waals surface area contributed by atoms with Crippen LogP contribution >= 0.6 is 0 Å². The topological polar surface area (TPSA) is 93.7 Å². The Kier molecular flexibility index (Phi) is 10.0. The molecule has 0 spiro atoms. The molecular formula is C7H12FeN2O5. The van der Waals surface area contributed by atoms with Crippen LogP contribution < -0.4 is 10.6 Å². The molecule has 7 nitrogen and oxygen atoms in total. The van der Waals surface area contributed by atoms with Gasteiger partial charge in [0.05, 0.1) is 13.2 Å². The van der Waals surface area contributed by atoms with E-state index in [0.717, 1.165) is 0 Å². The third kappa shape index (κ3) is 9.04. The van der Waals surface area contributed by atoms with Crippen molar-refractivity contribution < 1.29 is 40.9 Å². The van der Waals surface area contributed by atoms with Gasteiger partial charge in [0, 0.05) is 17.1 Å². The summed E-state index contributed by atoms with van der Waals surface area (Å²) in [6, 6.07) is -0.984. The Morgan fingerprint density at radius 2 is 1.27 bits per heavy atom. The molecule has 0 bridgehead atoms. The molecule has 0 aliphatic carbocycles. The zero-order valence-electron chi connectivity index (χ0n) is 8.31. The molecule has 2 N–H and O–H groups in total. The van der Waals surface area contributed by atoms with Gasteiger partial charge >= 0.3 is 18.2 Å². The monoisotopic (exact) mass is 260 g/mol. The van der Waals surface area contributed by atoms with Crippen LogP contribution in [0.3, 0.4) is 0 Å². The van der Waals surface area contributed by atoms with Gasteiger partial charge in [-0.25, -0.2) is 25.0 Å². The SMILES string of the molecule is CCOC(=O)NC(=O)NC(=O)OCC.[Fe]. The van der Waals surface area contributed by atoms with Gasteiger partial charge < -0.3 is 9.47 Å². The molecule has 0 saturated heterocycles. The Labute approximate surface area is 97.3 Å². The van der Waals surface area contributed by atoms with Gasteiger partial charge in [-0.1, -0.05) is 0 Å². The molecule has 0 heterocycles. The van der Waals surface area contributed by atoms with Crippen LogP contribution in [0.15, 0.2) is 0 Å². The number of amides is 4. The number of imide groups is 2. The maximum atomic E-state index is 10.8. The largest absolute Gasteiger partial charge is 0.450 e. The van der Waals surface area contributed by atoms with Gasteiger partial charge in [0.25, 0.3) is 0 Å². The molecule has 0 aromatic rings. The van der Waals surface area contributed by atoms with E-state index in [9.17, 15) is 14.4 Å². The molecule has 15 heavy (non-hydrogen) atoms. The summed E-state index contributed by atoms with van der Waals surface area (Å²) in [7, 11) is 0.